The molecule has 122 heavy (non-hydrogen) atoms. The Morgan fingerprint density at radius 3 is 0.984 bits per heavy atom. The van der Waals surface area contributed by atoms with E-state index in [0.29, 0.717) is 81.5 Å². The van der Waals surface area contributed by atoms with Crippen molar-refractivity contribution in [1.29, 1.82) is 0 Å². The third-order valence-corrected chi connectivity index (χ3v) is 29.2. The molecule has 7 N–H and O–H groups in total. The summed E-state index contributed by atoms with van der Waals surface area (Å²) in [6, 6.07) is 0. The minimum atomic E-state index is -1.11. The van der Waals surface area contributed by atoms with Gasteiger partial charge < -0.3 is 63.5 Å². The molecular formula is C100H155NO21. The number of hydrogen-bond acceptors (Lipinski definition) is 22. The largest absolute Gasteiger partial charge is 0.462 e. The maximum absolute atomic E-state index is 13.2. The number of hydrogen-bond donors (Lipinski definition) is 6. The Labute approximate surface area is 729 Å². The van der Waals surface area contributed by atoms with E-state index in [4.69, 9.17) is 39.1 Å². The van der Waals surface area contributed by atoms with Gasteiger partial charge in [0.25, 0.3) is 0 Å². The SMILES string of the molecule is CCC(C)(C)C(=O)O[C@H]1C[C@@H](C)C=C2C=C[C@H](C)[C@H](CCC3C[C@@H](O)CC(=O)O3)[C@H]21.CCC(C)(C)C(=O)O[C@H]1C[C@@H](C)C=C2C=C[C@H](C)[C@H](CC[C@@H](O)C[C@@H](O)CC(=O)ON)[C@H]21.CCC(C)(C)C(=O)O[C@H]1C[C@@H](C)C=C2C=C[C@H](C)[C@H](CC[C@@H](O)C[C@@H](O)CC(=O)O[C@H]3CC(=O)O[C@H](CC[C@@H]4[C@@H]5C(=C[C@H](C)C[C@@H]5OC(=O)C(C)(C)CC)C=C[C@@H]4C)C3)[C@H]21. The Hall–Kier alpha value is -6.56. The van der Waals surface area contributed by atoms with Crippen molar-refractivity contribution in [3.05, 3.63) is 95.2 Å². The van der Waals surface area contributed by atoms with E-state index in [-0.39, 0.29) is 170 Å². The maximum Gasteiger partial charge on any atom is 0.327 e. The summed E-state index contributed by atoms with van der Waals surface area (Å²) >= 11 is 0. The topological polar surface area (TPSA) is 338 Å². The molecule has 0 bridgehead atoms. The van der Waals surface area contributed by atoms with Gasteiger partial charge in [0, 0.05) is 36.5 Å². The third kappa shape index (κ3) is 27.7. The zero-order valence-electron chi connectivity index (χ0n) is 77.4. The fourth-order valence-corrected chi connectivity index (χ4v) is 20.0. The molecule has 22 heteroatoms. The van der Waals surface area contributed by atoms with Crippen LogP contribution in [0.25, 0.3) is 0 Å². The van der Waals surface area contributed by atoms with Crippen molar-refractivity contribution in [1.82, 2.24) is 0 Å². The molecule has 10 rings (SSSR count). The number of aliphatic hydroxyl groups is 5. The smallest absolute Gasteiger partial charge is 0.327 e. The van der Waals surface area contributed by atoms with Gasteiger partial charge in [-0.25, -0.2) is 0 Å². The van der Waals surface area contributed by atoms with Crippen LogP contribution in [0, 0.1) is 116 Å². The van der Waals surface area contributed by atoms with Crippen LogP contribution in [0.15, 0.2) is 95.2 Å². The van der Waals surface area contributed by atoms with Crippen LogP contribution in [0.3, 0.4) is 0 Å². The van der Waals surface area contributed by atoms with Crippen molar-refractivity contribution in [2.45, 2.75) is 366 Å². The summed E-state index contributed by atoms with van der Waals surface area (Å²) in [6.07, 6.45) is 32.1. The highest BCUT2D eigenvalue weighted by molar-refractivity contribution is 5.78. The molecule has 0 spiro atoms. The lowest BCUT2D eigenvalue weighted by Crippen LogP contribution is -2.43. The second kappa shape index (κ2) is 44.7. The van der Waals surface area contributed by atoms with E-state index in [0.717, 1.165) is 57.8 Å². The van der Waals surface area contributed by atoms with Crippen molar-refractivity contribution in [2.75, 3.05) is 0 Å². The Morgan fingerprint density at radius 1 is 0.402 bits per heavy atom. The molecule has 0 aromatic carbocycles. The first-order valence-electron chi connectivity index (χ1n) is 46.6. The summed E-state index contributed by atoms with van der Waals surface area (Å²) in [4.78, 5) is 105. The number of nitrogens with two attached hydrogens (primary N) is 1. The highest BCUT2D eigenvalue weighted by Crippen LogP contribution is 2.51. The fourth-order valence-electron chi connectivity index (χ4n) is 20.0. The molecule has 0 aromatic rings. The second-order valence-electron chi connectivity index (χ2n) is 41.0. The molecule has 0 amide bonds. The summed E-state index contributed by atoms with van der Waals surface area (Å²) in [7, 11) is 0. The van der Waals surface area contributed by atoms with Gasteiger partial charge in [0.1, 0.15) is 42.7 Å². The van der Waals surface area contributed by atoms with E-state index in [1.54, 1.807) is 0 Å². The second-order valence-corrected chi connectivity index (χ2v) is 41.0. The predicted molar refractivity (Wildman–Crippen MR) is 468 cm³/mol. The Bertz CT molecular complexity index is 3800. The fraction of sp³-hybridized carbons (Fsp3) is 0.760. The monoisotopic (exact) mass is 1710 g/mol. The highest BCUT2D eigenvalue weighted by atomic mass is 16.7. The average molecular weight is 1710 g/mol. The summed E-state index contributed by atoms with van der Waals surface area (Å²) in [5, 5.41) is 52.3. The van der Waals surface area contributed by atoms with Crippen LogP contribution in [0.5, 0.6) is 0 Å². The molecule has 2 fully saturated rings. The van der Waals surface area contributed by atoms with Gasteiger partial charge in [-0.05, 0) is 264 Å². The number of ether oxygens (including phenoxy) is 7. The normalized spacial score (nSPS) is 33.4. The van der Waals surface area contributed by atoms with Crippen molar-refractivity contribution in [3.8, 4) is 0 Å². The van der Waals surface area contributed by atoms with Crippen LogP contribution in [-0.4, -0.2) is 147 Å². The number of fused-ring (bicyclic) bond motifs is 4. The lowest BCUT2D eigenvalue weighted by Gasteiger charge is -2.44. The molecule has 28 atom stereocenters. The number of cyclic esters (lactones) is 2. The lowest BCUT2D eigenvalue weighted by molar-refractivity contribution is -0.172. The highest BCUT2D eigenvalue weighted by Gasteiger charge is 2.49. The predicted octanol–water partition coefficient (Wildman–Crippen LogP) is 17.2. The molecule has 686 valence electrons. The molecule has 0 aromatic heterocycles. The number of esters is 7. The Morgan fingerprint density at radius 2 is 0.689 bits per heavy atom. The molecule has 1 unspecified atom stereocenters. The van der Waals surface area contributed by atoms with Crippen molar-refractivity contribution in [2.24, 2.45) is 122 Å². The van der Waals surface area contributed by atoms with Crippen LogP contribution < -0.4 is 5.90 Å². The number of allylic oxidation sites excluding steroid dienone is 12. The first kappa shape index (κ1) is 101. The minimum absolute atomic E-state index is 0.0194. The van der Waals surface area contributed by atoms with Crippen LogP contribution in [0.2, 0.25) is 0 Å². The number of carbonyl (C=O) groups is 8. The molecule has 10 aliphatic rings. The Kier molecular flexibility index (Phi) is 37.0. The van der Waals surface area contributed by atoms with E-state index in [1.807, 2.05) is 83.1 Å². The number of carbonyl (C=O) groups excluding carboxylic acids is 8. The third-order valence-electron chi connectivity index (χ3n) is 29.2. The van der Waals surface area contributed by atoms with E-state index in [9.17, 15) is 63.9 Å². The van der Waals surface area contributed by atoms with Gasteiger partial charge in [0.2, 0.25) is 0 Å². The van der Waals surface area contributed by atoms with Crippen molar-refractivity contribution >= 4 is 47.8 Å². The average Bonchev–Trinajstić information content (AvgIpc) is 0.796. The van der Waals surface area contributed by atoms with Gasteiger partial charge in [-0.3, -0.25) is 38.4 Å². The molecule has 0 radical (unpaired) electrons. The first-order chi connectivity index (χ1) is 57.3. The zero-order valence-corrected chi connectivity index (χ0v) is 77.4. The summed E-state index contributed by atoms with van der Waals surface area (Å²) in [5.74, 6) is 5.67. The zero-order chi connectivity index (χ0) is 90.2. The molecule has 2 aliphatic heterocycles. The van der Waals surface area contributed by atoms with Gasteiger partial charge in [-0.15, -0.1) is 0 Å². The summed E-state index contributed by atoms with van der Waals surface area (Å²) in [5.41, 5.74) is 2.73. The van der Waals surface area contributed by atoms with Crippen LogP contribution >= 0.6 is 0 Å². The summed E-state index contributed by atoms with van der Waals surface area (Å²) < 4.78 is 41.8. The minimum Gasteiger partial charge on any atom is -0.462 e. The van der Waals surface area contributed by atoms with E-state index in [1.165, 1.54) is 22.3 Å². The first-order valence-corrected chi connectivity index (χ1v) is 46.6. The van der Waals surface area contributed by atoms with Gasteiger partial charge in [0.15, 0.2) is 0 Å². The van der Waals surface area contributed by atoms with Crippen molar-refractivity contribution < 1.29 is 102 Å². The molecule has 0 saturated carbocycles. The van der Waals surface area contributed by atoms with Crippen LogP contribution in [-0.2, 0) is 76.4 Å². The van der Waals surface area contributed by atoms with E-state index >= 15 is 0 Å². The molecule has 8 aliphatic carbocycles. The number of aliphatic hydroxyl groups excluding tert-OH is 5. The van der Waals surface area contributed by atoms with E-state index in [2.05, 4.69) is 133 Å². The molecule has 2 saturated heterocycles. The maximum atomic E-state index is 13.2. The molecule has 22 nitrogen and oxygen atoms in total. The van der Waals surface area contributed by atoms with E-state index < -0.39 is 82.3 Å². The summed E-state index contributed by atoms with van der Waals surface area (Å²) in [6.45, 7) is 40.8. The molecule has 2 heterocycles. The Balaban J connectivity index is 0.000000250. The van der Waals surface area contributed by atoms with Gasteiger partial charge in [-0.1, -0.05) is 156 Å². The quantitative estimate of drug-likeness (QED) is 0.0202. The van der Waals surface area contributed by atoms with Crippen LogP contribution in [0.4, 0.5) is 0 Å². The van der Waals surface area contributed by atoms with Gasteiger partial charge in [0.05, 0.1) is 77.9 Å². The standard InChI is InChI=1S/C50H76O10.C25H41NO6.C25H38O5/c1-11-49(7,8)47(55)59-41-23-29(3)21-33-15-13-31(5)39(45(33)41)19-17-35(51)25-36(52)26-43(53)58-38-27-37(57-44(54)28-38)18-20-40-32(6)14-16-34-22-30(4)24-42(46(34)40)60-48(56)50(9,10)12-2;1-6-25(4,5)24(30)31-21-12-15(2)11-17-8-7-16(3)20(23(17)21)10-9-18(27)13-19(28)14-22(29)32-26;1-6-25(4,5)24(28)30-21-12-15(2)11-17-8-7-16(3)20(23(17)21)10-9-19-13-18(26)14-22(27)29-19/h13-16,21-22,29-32,35-42,45-46,51-52H,11-12,17-20,23-28H2,1-10H3;7-8,11,15-16,18-21,23,27-28H,6,9-10,12-14,26H2,1-5H3;7-8,11,15-16,18-21,23,26H,6,9-10,12-14H2,1-5H3/t29-,30-,31-,32-,35+,36+,37+,38+,39-,40-,41-,42-,45-,46-;15-,16-,18+,19+,20-,21-,23-;15-,16-,18+,19?,20-,21-,23-/m000/s1. The van der Waals surface area contributed by atoms with Gasteiger partial charge in [-0.2, -0.15) is 5.90 Å². The molecular weight excluding hydrogens is 1550 g/mol. The van der Waals surface area contributed by atoms with Gasteiger partial charge >= 0.3 is 47.8 Å². The lowest BCUT2D eigenvalue weighted by atomic mass is 9.65. The van der Waals surface area contributed by atoms with Crippen molar-refractivity contribution in [3.63, 3.8) is 0 Å². The van der Waals surface area contributed by atoms with Crippen LogP contribution in [0.1, 0.15) is 293 Å². The number of rotatable bonds is 33.